The molecular formula is C15H23ClIN3O2S. The number of hydrogen-bond donors (Lipinski definition) is 2. The van der Waals surface area contributed by atoms with Crippen LogP contribution in [0.3, 0.4) is 0 Å². The molecule has 2 rings (SSSR count). The first-order valence-electron chi connectivity index (χ1n) is 7.48. The molecular weight excluding hydrogens is 449 g/mol. The van der Waals surface area contributed by atoms with Crippen molar-refractivity contribution in [3.05, 3.63) is 34.9 Å². The largest absolute Gasteiger partial charge is 0.357 e. The number of rotatable bonds is 5. The molecule has 1 unspecified atom stereocenters. The van der Waals surface area contributed by atoms with Crippen molar-refractivity contribution in [1.29, 1.82) is 0 Å². The van der Waals surface area contributed by atoms with E-state index in [1.54, 1.807) is 0 Å². The second-order valence-electron chi connectivity index (χ2n) is 5.38. The smallest absolute Gasteiger partial charge is 0.191 e. The van der Waals surface area contributed by atoms with Crippen LogP contribution in [0.1, 0.15) is 18.9 Å². The lowest BCUT2D eigenvalue weighted by Crippen LogP contribution is -2.44. The Labute approximate surface area is 160 Å². The van der Waals surface area contributed by atoms with Crippen LogP contribution in [0.2, 0.25) is 5.02 Å². The molecule has 8 heteroatoms. The first-order chi connectivity index (χ1) is 10.5. The van der Waals surface area contributed by atoms with Crippen LogP contribution in [-0.4, -0.2) is 45.0 Å². The number of nitrogens with one attached hydrogen (secondary N) is 2. The monoisotopic (exact) mass is 471 g/mol. The number of sulfone groups is 1. The highest BCUT2D eigenvalue weighted by Gasteiger charge is 2.28. The summed E-state index contributed by atoms with van der Waals surface area (Å²) in [5.74, 6) is 1.12. The summed E-state index contributed by atoms with van der Waals surface area (Å²) >= 11 is 5.96. The predicted molar refractivity (Wildman–Crippen MR) is 107 cm³/mol. The summed E-state index contributed by atoms with van der Waals surface area (Å²) in [6.45, 7) is 3.34. The molecule has 1 aliphatic heterocycles. The maximum atomic E-state index is 11.5. The Kier molecular flexibility index (Phi) is 8.63. The van der Waals surface area contributed by atoms with Gasteiger partial charge in [-0.1, -0.05) is 23.7 Å². The van der Waals surface area contributed by atoms with E-state index >= 15 is 0 Å². The average molecular weight is 472 g/mol. The molecule has 2 N–H and O–H groups in total. The van der Waals surface area contributed by atoms with Crippen molar-refractivity contribution in [1.82, 2.24) is 10.6 Å². The SMILES string of the molecule is CCNC(=NCCc1cccc(Cl)c1)NC1CCS(=O)(=O)C1.I. The van der Waals surface area contributed by atoms with Crippen molar-refractivity contribution in [3.63, 3.8) is 0 Å². The van der Waals surface area contributed by atoms with Crippen LogP contribution in [0.5, 0.6) is 0 Å². The van der Waals surface area contributed by atoms with Crippen LogP contribution in [0, 0.1) is 0 Å². The highest BCUT2D eigenvalue weighted by molar-refractivity contribution is 14.0. The van der Waals surface area contributed by atoms with Gasteiger partial charge in [0.05, 0.1) is 11.5 Å². The molecule has 0 radical (unpaired) electrons. The van der Waals surface area contributed by atoms with Crippen molar-refractivity contribution in [3.8, 4) is 0 Å². The Bertz CT molecular complexity index is 637. The third-order valence-electron chi connectivity index (χ3n) is 3.48. The van der Waals surface area contributed by atoms with Crippen molar-refractivity contribution >= 4 is 51.4 Å². The normalized spacial score (nSPS) is 19.9. The molecule has 1 saturated heterocycles. The van der Waals surface area contributed by atoms with E-state index in [1.165, 1.54) is 0 Å². The average Bonchev–Trinajstić information content (AvgIpc) is 2.78. The van der Waals surface area contributed by atoms with Gasteiger partial charge >= 0.3 is 0 Å². The zero-order valence-corrected chi connectivity index (χ0v) is 17.0. The fraction of sp³-hybridized carbons (Fsp3) is 0.533. The van der Waals surface area contributed by atoms with E-state index < -0.39 is 9.84 Å². The molecule has 1 aromatic carbocycles. The van der Waals surface area contributed by atoms with Crippen LogP contribution < -0.4 is 10.6 Å². The van der Waals surface area contributed by atoms with Gasteiger partial charge in [-0.3, -0.25) is 4.99 Å². The molecule has 1 aliphatic rings. The molecule has 0 aromatic heterocycles. The molecule has 1 aromatic rings. The van der Waals surface area contributed by atoms with Gasteiger partial charge in [0.2, 0.25) is 0 Å². The number of halogens is 2. The number of benzene rings is 1. The number of nitrogens with zero attached hydrogens (tertiary/aromatic N) is 1. The molecule has 23 heavy (non-hydrogen) atoms. The zero-order valence-electron chi connectivity index (χ0n) is 13.1. The van der Waals surface area contributed by atoms with Gasteiger partial charge in [-0.2, -0.15) is 0 Å². The summed E-state index contributed by atoms with van der Waals surface area (Å²) in [4.78, 5) is 4.51. The van der Waals surface area contributed by atoms with Gasteiger partial charge in [0.1, 0.15) is 0 Å². The fourth-order valence-corrected chi connectivity index (χ4v) is 4.30. The van der Waals surface area contributed by atoms with E-state index in [0.717, 1.165) is 23.6 Å². The minimum absolute atomic E-state index is 0. The quantitative estimate of drug-likeness (QED) is 0.393. The van der Waals surface area contributed by atoms with Crippen molar-refractivity contribution < 1.29 is 8.42 Å². The van der Waals surface area contributed by atoms with Crippen molar-refractivity contribution in [2.45, 2.75) is 25.8 Å². The fourth-order valence-electron chi connectivity index (χ4n) is 2.41. The van der Waals surface area contributed by atoms with E-state index in [4.69, 9.17) is 11.6 Å². The van der Waals surface area contributed by atoms with Crippen LogP contribution in [-0.2, 0) is 16.3 Å². The summed E-state index contributed by atoms with van der Waals surface area (Å²) in [5.41, 5.74) is 1.13. The third-order valence-corrected chi connectivity index (χ3v) is 5.48. The maximum Gasteiger partial charge on any atom is 0.191 e. The van der Waals surface area contributed by atoms with Crippen LogP contribution in [0.4, 0.5) is 0 Å². The molecule has 1 heterocycles. The van der Waals surface area contributed by atoms with E-state index in [-0.39, 0.29) is 41.5 Å². The molecule has 0 bridgehead atoms. The van der Waals surface area contributed by atoms with Gasteiger partial charge in [0.25, 0.3) is 0 Å². The maximum absolute atomic E-state index is 11.5. The van der Waals surface area contributed by atoms with Crippen LogP contribution in [0.15, 0.2) is 29.3 Å². The molecule has 0 saturated carbocycles. The highest BCUT2D eigenvalue weighted by Crippen LogP contribution is 2.12. The number of aliphatic imine (C=N–C) groups is 1. The van der Waals surface area contributed by atoms with Gasteiger partial charge in [0, 0.05) is 24.2 Å². The standard InChI is InChI=1S/C15H22ClN3O2S.HI/c1-2-17-15(19-14-7-9-22(20,21)11-14)18-8-6-12-4-3-5-13(16)10-12;/h3-5,10,14H,2,6-9,11H2,1H3,(H2,17,18,19);1H. The number of guanidine groups is 1. The Hall–Kier alpha value is -0.540. The predicted octanol–water partition coefficient (Wildman–Crippen LogP) is 2.24. The lowest BCUT2D eigenvalue weighted by molar-refractivity contribution is 0.599. The summed E-state index contributed by atoms with van der Waals surface area (Å²) in [6.07, 6.45) is 1.43. The Morgan fingerprint density at radius 3 is 2.83 bits per heavy atom. The Morgan fingerprint density at radius 1 is 1.43 bits per heavy atom. The van der Waals surface area contributed by atoms with Crippen molar-refractivity contribution in [2.24, 2.45) is 4.99 Å². The van der Waals surface area contributed by atoms with E-state index in [9.17, 15) is 8.42 Å². The van der Waals surface area contributed by atoms with Crippen LogP contribution in [0.25, 0.3) is 0 Å². The second kappa shape index (κ2) is 9.68. The van der Waals surface area contributed by atoms with Gasteiger partial charge in [0.15, 0.2) is 15.8 Å². The van der Waals surface area contributed by atoms with Crippen LogP contribution >= 0.6 is 35.6 Å². The Balaban J connectivity index is 0.00000264. The Morgan fingerprint density at radius 2 is 2.22 bits per heavy atom. The molecule has 0 aliphatic carbocycles. The minimum atomic E-state index is -2.88. The van der Waals surface area contributed by atoms with Crippen molar-refractivity contribution in [2.75, 3.05) is 24.6 Å². The number of hydrogen-bond acceptors (Lipinski definition) is 3. The lowest BCUT2D eigenvalue weighted by Gasteiger charge is -2.15. The first kappa shape index (κ1) is 20.5. The molecule has 0 spiro atoms. The van der Waals surface area contributed by atoms with Gasteiger partial charge in [-0.05, 0) is 37.5 Å². The molecule has 0 amide bonds. The molecule has 5 nitrogen and oxygen atoms in total. The second-order valence-corrected chi connectivity index (χ2v) is 8.05. The topological polar surface area (TPSA) is 70.6 Å². The summed E-state index contributed by atoms with van der Waals surface area (Å²) in [5, 5.41) is 7.08. The molecule has 130 valence electrons. The van der Waals surface area contributed by atoms with Gasteiger partial charge in [-0.25, -0.2) is 8.42 Å². The van der Waals surface area contributed by atoms with Gasteiger partial charge < -0.3 is 10.6 Å². The summed E-state index contributed by atoms with van der Waals surface area (Å²) < 4.78 is 23.0. The first-order valence-corrected chi connectivity index (χ1v) is 9.68. The van der Waals surface area contributed by atoms with E-state index in [2.05, 4.69) is 15.6 Å². The van der Waals surface area contributed by atoms with E-state index in [1.807, 2.05) is 31.2 Å². The summed E-state index contributed by atoms with van der Waals surface area (Å²) in [7, 11) is -2.88. The zero-order chi connectivity index (χ0) is 16.0. The highest BCUT2D eigenvalue weighted by atomic mass is 127. The lowest BCUT2D eigenvalue weighted by atomic mass is 10.1. The minimum Gasteiger partial charge on any atom is -0.357 e. The third kappa shape index (κ3) is 7.26. The summed E-state index contributed by atoms with van der Waals surface area (Å²) in [6, 6.07) is 7.68. The van der Waals surface area contributed by atoms with E-state index in [0.29, 0.717) is 18.9 Å². The van der Waals surface area contributed by atoms with Gasteiger partial charge in [-0.15, -0.1) is 24.0 Å². The molecule has 1 fully saturated rings. The molecule has 1 atom stereocenters.